The first-order chi connectivity index (χ1) is 14.5. The molecule has 3 amide bonds. The molecule has 0 aliphatic carbocycles. The number of carbonyl (C=O) groups excluding carboxylic acids is 3. The molecule has 158 valence electrons. The van der Waals surface area contributed by atoms with Gasteiger partial charge in [0.2, 0.25) is 11.8 Å². The number of hydrogen-bond donors (Lipinski definition) is 3. The van der Waals surface area contributed by atoms with Crippen LogP contribution in [0.1, 0.15) is 23.7 Å². The molecular formula is C22H26N4O4. The number of nitrogens with zero attached hydrogens (tertiary/aromatic N) is 1. The molecule has 30 heavy (non-hydrogen) atoms. The van der Waals surface area contributed by atoms with E-state index in [0.29, 0.717) is 49.7 Å². The van der Waals surface area contributed by atoms with Gasteiger partial charge in [-0.15, -0.1) is 0 Å². The third-order valence-corrected chi connectivity index (χ3v) is 4.66. The molecule has 0 bridgehead atoms. The monoisotopic (exact) mass is 410 g/mol. The lowest BCUT2D eigenvalue weighted by Crippen LogP contribution is -2.40. The molecule has 0 saturated carbocycles. The average Bonchev–Trinajstić information content (AvgIpc) is 2.79. The van der Waals surface area contributed by atoms with Gasteiger partial charge in [-0.3, -0.25) is 14.4 Å². The molecule has 1 aliphatic rings. The number of rotatable bonds is 7. The van der Waals surface area contributed by atoms with Gasteiger partial charge >= 0.3 is 0 Å². The van der Waals surface area contributed by atoms with Crippen molar-refractivity contribution in [1.82, 2.24) is 4.90 Å². The van der Waals surface area contributed by atoms with E-state index in [2.05, 4.69) is 16.0 Å². The van der Waals surface area contributed by atoms with Crippen LogP contribution in [0.3, 0.4) is 0 Å². The van der Waals surface area contributed by atoms with Crippen LogP contribution in [0.15, 0.2) is 48.5 Å². The maximum atomic E-state index is 12.4. The second-order valence-corrected chi connectivity index (χ2v) is 6.86. The molecule has 8 heteroatoms. The van der Waals surface area contributed by atoms with E-state index in [0.717, 1.165) is 5.69 Å². The molecule has 1 heterocycles. The van der Waals surface area contributed by atoms with Crippen molar-refractivity contribution in [2.24, 2.45) is 0 Å². The van der Waals surface area contributed by atoms with Gasteiger partial charge in [0, 0.05) is 42.1 Å². The first-order valence-corrected chi connectivity index (χ1v) is 9.96. The Morgan fingerprint density at radius 1 is 0.833 bits per heavy atom. The van der Waals surface area contributed by atoms with E-state index in [1.54, 1.807) is 60.4 Å². The molecule has 0 spiro atoms. The lowest BCUT2D eigenvalue weighted by molar-refractivity contribution is -0.116. The van der Waals surface area contributed by atoms with Crippen LogP contribution in [-0.4, -0.2) is 55.5 Å². The first kappa shape index (κ1) is 21.3. The minimum absolute atomic E-state index is 0.0311. The Balaban J connectivity index is 1.46. The van der Waals surface area contributed by atoms with E-state index in [-0.39, 0.29) is 24.3 Å². The second-order valence-electron chi connectivity index (χ2n) is 6.86. The van der Waals surface area contributed by atoms with Crippen molar-refractivity contribution in [3.8, 4) is 0 Å². The number of carbonyl (C=O) groups is 3. The predicted molar refractivity (Wildman–Crippen MR) is 116 cm³/mol. The quantitative estimate of drug-likeness (QED) is 0.651. The molecule has 8 nitrogen and oxygen atoms in total. The van der Waals surface area contributed by atoms with Gasteiger partial charge in [-0.25, -0.2) is 0 Å². The van der Waals surface area contributed by atoms with Crippen LogP contribution in [0.2, 0.25) is 0 Å². The van der Waals surface area contributed by atoms with Gasteiger partial charge in [0.1, 0.15) is 0 Å². The summed E-state index contributed by atoms with van der Waals surface area (Å²) in [5.41, 5.74) is 2.69. The van der Waals surface area contributed by atoms with Crippen LogP contribution in [0.4, 0.5) is 17.1 Å². The number of ether oxygens (including phenoxy) is 1. The Bertz CT molecular complexity index is 875. The summed E-state index contributed by atoms with van der Waals surface area (Å²) in [6.45, 7) is 4.18. The summed E-state index contributed by atoms with van der Waals surface area (Å²) in [5.74, 6) is -0.283. The molecular weight excluding hydrogens is 384 g/mol. The smallest absolute Gasteiger partial charge is 0.254 e. The summed E-state index contributed by atoms with van der Waals surface area (Å²) < 4.78 is 5.27. The Morgan fingerprint density at radius 3 is 1.97 bits per heavy atom. The molecule has 1 saturated heterocycles. The second kappa shape index (κ2) is 10.4. The predicted octanol–water partition coefficient (Wildman–Crippen LogP) is 2.56. The van der Waals surface area contributed by atoms with Crippen molar-refractivity contribution in [3.63, 3.8) is 0 Å². The van der Waals surface area contributed by atoms with Crippen molar-refractivity contribution in [2.75, 3.05) is 48.8 Å². The van der Waals surface area contributed by atoms with Gasteiger partial charge in [0.05, 0.1) is 19.8 Å². The molecule has 0 atom stereocenters. The van der Waals surface area contributed by atoms with E-state index in [4.69, 9.17) is 4.74 Å². The fraction of sp³-hybridized carbons (Fsp3) is 0.318. The number of anilines is 3. The number of amides is 3. The van der Waals surface area contributed by atoms with Gasteiger partial charge in [-0.2, -0.15) is 0 Å². The Kier molecular flexibility index (Phi) is 7.40. The van der Waals surface area contributed by atoms with Gasteiger partial charge in [0.15, 0.2) is 0 Å². The van der Waals surface area contributed by atoms with Crippen molar-refractivity contribution >= 4 is 34.8 Å². The summed E-state index contributed by atoms with van der Waals surface area (Å²) in [5, 5.41) is 8.60. The maximum absolute atomic E-state index is 12.4. The van der Waals surface area contributed by atoms with E-state index in [1.807, 2.05) is 0 Å². The summed E-state index contributed by atoms with van der Waals surface area (Å²) in [7, 11) is 0. The largest absolute Gasteiger partial charge is 0.378 e. The molecule has 0 radical (unpaired) electrons. The van der Waals surface area contributed by atoms with Crippen LogP contribution < -0.4 is 16.0 Å². The van der Waals surface area contributed by atoms with Gasteiger partial charge < -0.3 is 25.6 Å². The highest BCUT2D eigenvalue weighted by molar-refractivity contribution is 5.97. The Morgan fingerprint density at radius 2 is 1.37 bits per heavy atom. The van der Waals surface area contributed by atoms with E-state index < -0.39 is 0 Å². The van der Waals surface area contributed by atoms with E-state index in [1.165, 1.54) is 0 Å². The number of morpholine rings is 1. The first-order valence-electron chi connectivity index (χ1n) is 9.96. The molecule has 2 aromatic rings. The molecule has 3 N–H and O–H groups in total. The van der Waals surface area contributed by atoms with Crippen LogP contribution in [-0.2, 0) is 14.3 Å². The summed E-state index contributed by atoms with van der Waals surface area (Å²) in [6.07, 6.45) is 0.419. The summed E-state index contributed by atoms with van der Waals surface area (Å²) in [4.78, 5) is 37.8. The molecule has 0 unspecified atom stereocenters. The molecule has 0 aromatic heterocycles. The topological polar surface area (TPSA) is 99.8 Å². The SMILES string of the molecule is CCC(=O)Nc1ccc(NCC(=O)Nc2ccc(C(=O)N3CCOCC3)cc2)cc1. The fourth-order valence-corrected chi connectivity index (χ4v) is 2.95. The number of hydrogen-bond acceptors (Lipinski definition) is 5. The zero-order valence-electron chi connectivity index (χ0n) is 16.9. The van der Waals surface area contributed by atoms with Gasteiger partial charge in [0.25, 0.3) is 5.91 Å². The maximum Gasteiger partial charge on any atom is 0.254 e. The number of nitrogens with one attached hydrogen (secondary N) is 3. The normalized spacial score (nSPS) is 13.4. The van der Waals surface area contributed by atoms with Crippen molar-refractivity contribution < 1.29 is 19.1 Å². The highest BCUT2D eigenvalue weighted by atomic mass is 16.5. The highest BCUT2D eigenvalue weighted by Crippen LogP contribution is 2.15. The standard InChI is InChI=1S/C22H26N4O4/c1-2-20(27)24-19-9-7-17(8-10-19)23-15-21(28)25-18-5-3-16(4-6-18)22(29)26-11-13-30-14-12-26/h3-10,23H,2,11-15H2,1H3,(H,24,27)(H,25,28). The third kappa shape index (κ3) is 6.05. The highest BCUT2D eigenvalue weighted by Gasteiger charge is 2.18. The molecule has 1 fully saturated rings. The van der Waals surface area contributed by atoms with Crippen molar-refractivity contribution in [3.05, 3.63) is 54.1 Å². The average molecular weight is 410 g/mol. The fourth-order valence-electron chi connectivity index (χ4n) is 2.95. The van der Waals surface area contributed by atoms with Crippen molar-refractivity contribution in [1.29, 1.82) is 0 Å². The van der Waals surface area contributed by atoms with E-state index >= 15 is 0 Å². The van der Waals surface area contributed by atoms with Crippen LogP contribution in [0, 0.1) is 0 Å². The third-order valence-electron chi connectivity index (χ3n) is 4.66. The molecule has 3 rings (SSSR count). The Labute approximate surface area is 175 Å². The van der Waals surface area contributed by atoms with Gasteiger partial charge in [-0.05, 0) is 48.5 Å². The molecule has 2 aromatic carbocycles. The summed E-state index contributed by atoms with van der Waals surface area (Å²) in [6, 6.07) is 14.0. The van der Waals surface area contributed by atoms with Crippen LogP contribution >= 0.6 is 0 Å². The van der Waals surface area contributed by atoms with E-state index in [9.17, 15) is 14.4 Å². The summed E-state index contributed by atoms with van der Waals surface area (Å²) >= 11 is 0. The van der Waals surface area contributed by atoms with Crippen molar-refractivity contribution in [2.45, 2.75) is 13.3 Å². The minimum Gasteiger partial charge on any atom is -0.378 e. The number of benzene rings is 2. The van der Waals surface area contributed by atoms with Gasteiger partial charge in [-0.1, -0.05) is 6.92 Å². The lowest BCUT2D eigenvalue weighted by atomic mass is 10.1. The zero-order valence-corrected chi connectivity index (χ0v) is 16.9. The zero-order chi connectivity index (χ0) is 21.3. The molecule has 1 aliphatic heterocycles. The minimum atomic E-state index is -0.203. The lowest BCUT2D eigenvalue weighted by Gasteiger charge is -2.26. The van der Waals surface area contributed by atoms with Crippen LogP contribution in [0.25, 0.3) is 0 Å². The van der Waals surface area contributed by atoms with Crippen LogP contribution in [0.5, 0.6) is 0 Å². The Hall–Kier alpha value is -3.39.